The maximum absolute atomic E-state index is 13.0. The number of carbonyl (C=O) groups excluding carboxylic acids is 2. The maximum atomic E-state index is 13.0. The van der Waals surface area contributed by atoms with Crippen molar-refractivity contribution in [2.75, 3.05) is 11.4 Å². The van der Waals surface area contributed by atoms with E-state index in [1.54, 1.807) is 42.5 Å². The number of rotatable bonds is 8. The lowest BCUT2D eigenvalue weighted by atomic mass is 10.2. The number of nitrogens with zero attached hydrogens (tertiary/aromatic N) is 1. The predicted molar refractivity (Wildman–Crippen MR) is 119 cm³/mol. The molecule has 0 spiro atoms. The second kappa shape index (κ2) is 9.88. The number of halogens is 1. The highest BCUT2D eigenvalue weighted by molar-refractivity contribution is 7.92. The molecule has 3 aromatic rings. The van der Waals surface area contributed by atoms with E-state index in [4.69, 9.17) is 20.8 Å². The summed E-state index contributed by atoms with van der Waals surface area (Å²) in [5.41, 5.74) is 0.285. The lowest BCUT2D eigenvalue weighted by Gasteiger charge is -2.20. The average Bonchev–Trinajstić information content (AvgIpc) is 3.31. The van der Waals surface area contributed by atoms with Crippen molar-refractivity contribution in [1.29, 1.82) is 0 Å². The molecule has 0 aliphatic heterocycles. The van der Waals surface area contributed by atoms with Crippen molar-refractivity contribution in [2.45, 2.75) is 24.5 Å². The number of ether oxygens (including phenoxy) is 1. The third-order valence-electron chi connectivity index (χ3n) is 4.61. The van der Waals surface area contributed by atoms with Crippen LogP contribution >= 0.6 is 11.6 Å². The van der Waals surface area contributed by atoms with E-state index in [0.717, 1.165) is 10.4 Å². The van der Waals surface area contributed by atoms with Gasteiger partial charge in [-0.1, -0.05) is 29.8 Å². The molecule has 0 bridgehead atoms. The van der Waals surface area contributed by atoms with E-state index in [1.807, 2.05) is 0 Å². The van der Waals surface area contributed by atoms with Crippen LogP contribution in [0.4, 0.5) is 5.69 Å². The molecular weight excluding hydrogens is 456 g/mol. The van der Waals surface area contributed by atoms with Crippen LogP contribution in [0.3, 0.4) is 0 Å². The highest BCUT2D eigenvalue weighted by Crippen LogP contribution is 2.26. The minimum absolute atomic E-state index is 0.000456. The van der Waals surface area contributed by atoms with Gasteiger partial charge in [0.2, 0.25) is 0 Å². The van der Waals surface area contributed by atoms with Gasteiger partial charge in [0.15, 0.2) is 6.10 Å². The summed E-state index contributed by atoms with van der Waals surface area (Å²) >= 11 is 6.11. The van der Waals surface area contributed by atoms with E-state index >= 15 is 0 Å². The Morgan fingerprint density at radius 3 is 2.50 bits per heavy atom. The van der Waals surface area contributed by atoms with Crippen LogP contribution < -0.4 is 9.62 Å². The minimum Gasteiger partial charge on any atom is -0.467 e. The number of furan rings is 1. The first-order valence-electron chi connectivity index (χ1n) is 9.54. The van der Waals surface area contributed by atoms with Crippen molar-refractivity contribution in [2.24, 2.45) is 0 Å². The van der Waals surface area contributed by atoms with Gasteiger partial charge in [-0.2, -0.15) is 0 Å². The Hall–Kier alpha value is -3.30. The van der Waals surface area contributed by atoms with Crippen molar-refractivity contribution in [1.82, 2.24) is 5.32 Å². The summed E-state index contributed by atoms with van der Waals surface area (Å²) in [5.74, 6) is -0.922. The number of carbonyl (C=O) groups is 2. The molecule has 3 rings (SSSR count). The van der Waals surface area contributed by atoms with E-state index in [2.05, 4.69) is 5.32 Å². The smallest absolute Gasteiger partial charge is 0.340 e. The van der Waals surface area contributed by atoms with Crippen LogP contribution in [0, 0.1) is 0 Å². The fraction of sp³-hybridized carbons (Fsp3) is 0.182. The van der Waals surface area contributed by atoms with Gasteiger partial charge in [-0.25, -0.2) is 13.2 Å². The number of hydrogen-bond donors (Lipinski definition) is 1. The van der Waals surface area contributed by atoms with Crippen molar-refractivity contribution in [3.8, 4) is 0 Å². The molecule has 0 aliphatic carbocycles. The van der Waals surface area contributed by atoms with Crippen molar-refractivity contribution in [3.05, 3.63) is 83.3 Å². The van der Waals surface area contributed by atoms with Gasteiger partial charge in [0.1, 0.15) is 5.76 Å². The van der Waals surface area contributed by atoms with Gasteiger partial charge in [-0.15, -0.1) is 0 Å². The summed E-state index contributed by atoms with van der Waals surface area (Å²) in [7, 11) is -2.56. The van der Waals surface area contributed by atoms with Crippen LogP contribution in [0.2, 0.25) is 5.02 Å². The molecule has 10 heteroatoms. The normalized spacial score (nSPS) is 12.1. The molecule has 32 heavy (non-hydrogen) atoms. The zero-order chi connectivity index (χ0) is 23.3. The summed E-state index contributed by atoms with van der Waals surface area (Å²) in [5, 5.41) is 2.58. The lowest BCUT2D eigenvalue weighted by molar-refractivity contribution is -0.129. The first-order valence-corrected chi connectivity index (χ1v) is 11.4. The molecule has 1 atom stereocenters. The number of sulfonamides is 1. The Bertz CT molecular complexity index is 1200. The molecule has 168 valence electrons. The van der Waals surface area contributed by atoms with Crippen LogP contribution in [0.1, 0.15) is 23.0 Å². The van der Waals surface area contributed by atoms with Gasteiger partial charge < -0.3 is 14.5 Å². The van der Waals surface area contributed by atoms with Gasteiger partial charge >= 0.3 is 5.97 Å². The van der Waals surface area contributed by atoms with E-state index < -0.39 is 28.0 Å². The maximum Gasteiger partial charge on any atom is 0.340 e. The quantitative estimate of drug-likeness (QED) is 0.498. The third-order valence-corrected chi connectivity index (χ3v) is 6.72. The SMILES string of the molecule is CC(OC(=O)c1cc(S(=O)(=O)N(C)c2ccccc2)ccc1Cl)C(=O)NCc1ccco1. The number of hydrogen-bond acceptors (Lipinski definition) is 6. The highest BCUT2D eigenvalue weighted by atomic mass is 35.5. The number of anilines is 1. The fourth-order valence-electron chi connectivity index (χ4n) is 2.76. The van der Waals surface area contributed by atoms with Crippen LogP contribution in [0.5, 0.6) is 0 Å². The fourth-order valence-corrected chi connectivity index (χ4v) is 4.18. The molecule has 8 nitrogen and oxygen atoms in total. The molecule has 1 N–H and O–H groups in total. The average molecular weight is 477 g/mol. The summed E-state index contributed by atoms with van der Waals surface area (Å²) in [6.45, 7) is 1.53. The molecule has 2 aromatic carbocycles. The predicted octanol–water partition coefficient (Wildman–Crippen LogP) is 3.62. The van der Waals surface area contributed by atoms with E-state index in [0.29, 0.717) is 11.4 Å². The summed E-state index contributed by atoms with van der Waals surface area (Å²) in [6, 6.07) is 15.6. The number of nitrogens with one attached hydrogen (secondary N) is 1. The largest absolute Gasteiger partial charge is 0.467 e. The molecule has 1 aromatic heterocycles. The van der Waals surface area contributed by atoms with Crippen LogP contribution in [-0.2, 0) is 26.1 Å². The van der Waals surface area contributed by atoms with Crippen LogP contribution in [0.15, 0.2) is 76.2 Å². The Balaban J connectivity index is 1.74. The van der Waals surface area contributed by atoms with Gasteiger partial charge in [-0.3, -0.25) is 9.10 Å². The lowest BCUT2D eigenvalue weighted by Crippen LogP contribution is -2.35. The summed E-state index contributed by atoms with van der Waals surface area (Å²) in [4.78, 5) is 24.7. The number of benzene rings is 2. The molecule has 1 unspecified atom stereocenters. The van der Waals surface area contributed by atoms with Gasteiger partial charge in [-0.05, 0) is 49.4 Å². The second-order valence-corrected chi connectivity index (χ2v) is 9.17. The molecule has 0 aliphatic rings. The Morgan fingerprint density at radius 2 is 1.84 bits per heavy atom. The number of esters is 1. The Kier molecular flexibility index (Phi) is 7.22. The van der Waals surface area contributed by atoms with Gasteiger partial charge in [0.25, 0.3) is 15.9 Å². The molecule has 1 amide bonds. The topological polar surface area (TPSA) is 106 Å². The summed E-state index contributed by atoms with van der Waals surface area (Å²) in [6.07, 6.45) is 0.337. The Morgan fingerprint density at radius 1 is 1.12 bits per heavy atom. The molecule has 1 heterocycles. The molecule has 0 saturated heterocycles. The Labute approximate surface area is 190 Å². The van der Waals surface area contributed by atoms with Crippen molar-refractivity contribution >= 4 is 39.2 Å². The summed E-state index contributed by atoms with van der Waals surface area (Å²) < 4.78 is 37.4. The molecular formula is C22H21ClN2O6S. The van der Waals surface area contributed by atoms with Crippen molar-refractivity contribution in [3.63, 3.8) is 0 Å². The van der Waals surface area contributed by atoms with Crippen LogP contribution in [-0.4, -0.2) is 33.4 Å². The number of amides is 1. The molecule has 0 radical (unpaired) electrons. The zero-order valence-electron chi connectivity index (χ0n) is 17.3. The van der Waals surface area contributed by atoms with Crippen molar-refractivity contribution < 1.29 is 27.2 Å². The monoisotopic (exact) mass is 476 g/mol. The minimum atomic E-state index is -3.97. The second-order valence-electron chi connectivity index (χ2n) is 6.79. The van der Waals surface area contributed by atoms with E-state index in [-0.39, 0.29) is 22.0 Å². The molecule has 0 saturated carbocycles. The number of para-hydroxylation sites is 1. The zero-order valence-corrected chi connectivity index (χ0v) is 18.9. The highest BCUT2D eigenvalue weighted by Gasteiger charge is 2.26. The first kappa shape index (κ1) is 23.4. The molecule has 0 fully saturated rings. The third kappa shape index (κ3) is 5.30. The van der Waals surface area contributed by atoms with E-state index in [9.17, 15) is 18.0 Å². The van der Waals surface area contributed by atoms with Crippen LogP contribution in [0.25, 0.3) is 0 Å². The standard InChI is InChI=1S/C22H21ClN2O6S/c1-15(21(26)24-14-17-9-6-12-30-17)31-22(27)19-13-18(10-11-20(19)23)32(28,29)25(2)16-7-4-3-5-8-16/h3-13,15H,14H2,1-2H3,(H,24,26). The first-order chi connectivity index (χ1) is 15.2. The van der Waals surface area contributed by atoms with Gasteiger partial charge in [0.05, 0.1) is 34.0 Å². The van der Waals surface area contributed by atoms with E-state index in [1.165, 1.54) is 32.4 Å². The van der Waals surface area contributed by atoms with Gasteiger partial charge in [0, 0.05) is 7.05 Å².